The molecule has 128 valence electrons. The molecule has 0 radical (unpaired) electrons. The zero-order valence-corrected chi connectivity index (χ0v) is 15.0. The van der Waals surface area contributed by atoms with Crippen molar-refractivity contribution in [2.45, 2.75) is 26.7 Å². The summed E-state index contributed by atoms with van der Waals surface area (Å²) in [5.41, 5.74) is 1.14. The Morgan fingerprint density at radius 3 is 2.61 bits per heavy atom. The van der Waals surface area contributed by atoms with Gasteiger partial charge in [0, 0.05) is 49.9 Å². The maximum atomic E-state index is 12.2. The van der Waals surface area contributed by atoms with E-state index in [0.717, 1.165) is 56.4 Å². The second-order valence-electron chi connectivity index (χ2n) is 6.53. The Hall–Kier alpha value is -1.26. The maximum absolute atomic E-state index is 12.2. The normalized spacial score (nSPS) is 15.3. The molecule has 0 atom stereocenters. The van der Waals surface area contributed by atoms with E-state index in [0.29, 0.717) is 12.3 Å². The van der Waals surface area contributed by atoms with E-state index in [1.807, 2.05) is 23.1 Å². The van der Waals surface area contributed by atoms with Crippen molar-refractivity contribution in [1.29, 1.82) is 0 Å². The average molecular weight is 338 g/mol. The molecule has 1 N–H and O–H groups in total. The van der Waals surface area contributed by atoms with Crippen LogP contribution >= 0.6 is 11.6 Å². The largest absolute Gasteiger partial charge is 0.368 e. The fourth-order valence-corrected chi connectivity index (χ4v) is 2.94. The highest BCUT2D eigenvalue weighted by molar-refractivity contribution is 6.30. The number of hydrogen-bond donors (Lipinski definition) is 1. The molecule has 1 heterocycles. The highest BCUT2D eigenvalue weighted by atomic mass is 35.5. The van der Waals surface area contributed by atoms with Gasteiger partial charge in [-0.05, 0) is 37.1 Å². The lowest BCUT2D eigenvalue weighted by molar-refractivity contribution is -0.131. The van der Waals surface area contributed by atoms with E-state index in [1.165, 1.54) is 0 Å². The molecule has 23 heavy (non-hydrogen) atoms. The van der Waals surface area contributed by atoms with Crippen LogP contribution in [0.5, 0.6) is 0 Å². The molecule has 4 nitrogen and oxygen atoms in total. The molecule has 1 aromatic carbocycles. The van der Waals surface area contributed by atoms with E-state index < -0.39 is 0 Å². The summed E-state index contributed by atoms with van der Waals surface area (Å²) in [6, 6.07) is 7.91. The van der Waals surface area contributed by atoms with Crippen molar-refractivity contribution in [3.8, 4) is 0 Å². The summed E-state index contributed by atoms with van der Waals surface area (Å²) in [6.45, 7) is 9.51. The first-order valence-electron chi connectivity index (χ1n) is 8.55. The lowest BCUT2D eigenvalue weighted by Crippen LogP contribution is -2.49. The van der Waals surface area contributed by atoms with Crippen LogP contribution in [0.4, 0.5) is 5.69 Å². The van der Waals surface area contributed by atoms with Gasteiger partial charge in [-0.3, -0.25) is 4.79 Å². The van der Waals surface area contributed by atoms with Crippen molar-refractivity contribution in [2.75, 3.05) is 44.2 Å². The zero-order valence-electron chi connectivity index (χ0n) is 14.2. The Morgan fingerprint density at radius 1 is 1.22 bits per heavy atom. The van der Waals surface area contributed by atoms with Gasteiger partial charge in [0.05, 0.1) is 0 Å². The molecule has 5 heteroatoms. The van der Waals surface area contributed by atoms with Gasteiger partial charge in [-0.25, -0.2) is 0 Å². The molecule has 2 rings (SSSR count). The fraction of sp³-hybridized carbons (Fsp3) is 0.611. The minimum atomic E-state index is 0.257. The summed E-state index contributed by atoms with van der Waals surface area (Å²) in [6.07, 6.45) is 1.75. The topological polar surface area (TPSA) is 35.6 Å². The first-order valence-corrected chi connectivity index (χ1v) is 8.93. The van der Waals surface area contributed by atoms with Gasteiger partial charge in [-0.15, -0.1) is 0 Å². The summed E-state index contributed by atoms with van der Waals surface area (Å²) in [7, 11) is 0. The van der Waals surface area contributed by atoms with Crippen LogP contribution in [0.3, 0.4) is 0 Å². The van der Waals surface area contributed by atoms with Crippen molar-refractivity contribution in [3.63, 3.8) is 0 Å². The second-order valence-corrected chi connectivity index (χ2v) is 6.97. The Morgan fingerprint density at radius 2 is 1.96 bits per heavy atom. The number of rotatable bonds is 7. The predicted octanol–water partition coefficient (Wildman–Crippen LogP) is 3.01. The molecular weight excluding hydrogens is 310 g/mol. The second kappa shape index (κ2) is 9.14. The molecule has 0 aliphatic carbocycles. The monoisotopic (exact) mass is 337 g/mol. The number of carbonyl (C=O) groups is 1. The quantitative estimate of drug-likeness (QED) is 0.777. The molecule has 1 saturated heterocycles. The number of nitrogens with one attached hydrogen (secondary N) is 1. The Balaban J connectivity index is 1.68. The van der Waals surface area contributed by atoms with Crippen LogP contribution in [0.1, 0.15) is 26.7 Å². The van der Waals surface area contributed by atoms with E-state index in [4.69, 9.17) is 11.6 Å². The van der Waals surface area contributed by atoms with Crippen LogP contribution in [0.15, 0.2) is 24.3 Å². The summed E-state index contributed by atoms with van der Waals surface area (Å²) >= 11 is 6.05. The van der Waals surface area contributed by atoms with Crippen molar-refractivity contribution in [1.82, 2.24) is 10.2 Å². The summed E-state index contributed by atoms with van der Waals surface area (Å²) in [5, 5.41) is 4.11. The van der Waals surface area contributed by atoms with Crippen molar-refractivity contribution in [2.24, 2.45) is 5.92 Å². The Labute approximate surface area is 144 Å². The number of anilines is 1. The van der Waals surface area contributed by atoms with Gasteiger partial charge in [0.25, 0.3) is 0 Å². The third-order valence-corrected chi connectivity index (χ3v) is 4.45. The molecule has 1 fully saturated rings. The lowest BCUT2D eigenvalue weighted by Gasteiger charge is -2.36. The van der Waals surface area contributed by atoms with Crippen molar-refractivity contribution < 1.29 is 4.79 Å². The van der Waals surface area contributed by atoms with Gasteiger partial charge in [0.1, 0.15) is 0 Å². The molecule has 0 spiro atoms. The third-order valence-electron chi connectivity index (χ3n) is 4.22. The molecule has 0 saturated carbocycles. The predicted molar refractivity (Wildman–Crippen MR) is 97.2 cm³/mol. The summed E-state index contributed by atoms with van der Waals surface area (Å²) < 4.78 is 0. The highest BCUT2D eigenvalue weighted by Gasteiger charge is 2.20. The van der Waals surface area contributed by atoms with Crippen LogP contribution in [-0.4, -0.2) is 50.1 Å². The van der Waals surface area contributed by atoms with E-state index >= 15 is 0 Å². The smallest absolute Gasteiger partial charge is 0.223 e. The number of carbonyl (C=O) groups excluding carboxylic acids is 1. The standard InChI is InChI=1S/C18H28ClN3O/c1-15(2)6-8-20-9-7-18(23)22-12-10-21(11-13-22)17-5-3-4-16(19)14-17/h3-5,14-15,20H,6-13H2,1-2H3. The SMILES string of the molecule is CC(C)CCNCCC(=O)N1CCN(c2cccc(Cl)c2)CC1. The van der Waals surface area contributed by atoms with Crippen LogP contribution in [0, 0.1) is 5.92 Å². The van der Waals surface area contributed by atoms with Gasteiger partial charge < -0.3 is 15.1 Å². The van der Waals surface area contributed by atoms with E-state index in [-0.39, 0.29) is 5.91 Å². The molecule has 1 aliphatic rings. The zero-order chi connectivity index (χ0) is 16.7. The van der Waals surface area contributed by atoms with Crippen LogP contribution in [-0.2, 0) is 4.79 Å². The van der Waals surface area contributed by atoms with Crippen molar-refractivity contribution >= 4 is 23.2 Å². The number of benzene rings is 1. The number of amides is 1. The van der Waals surface area contributed by atoms with E-state index in [9.17, 15) is 4.79 Å². The highest BCUT2D eigenvalue weighted by Crippen LogP contribution is 2.20. The molecule has 0 aromatic heterocycles. The van der Waals surface area contributed by atoms with E-state index in [2.05, 4.69) is 30.1 Å². The Kier molecular flexibility index (Phi) is 7.18. The Bertz CT molecular complexity index is 499. The van der Waals surface area contributed by atoms with Gasteiger partial charge in [-0.2, -0.15) is 0 Å². The molecule has 0 unspecified atom stereocenters. The number of piperazine rings is 1. The summed E-state index contributed by atoms with van der Waals surface area (Å²) in [4.78, 5) is 16.5. The summed E-state index contributed by atoms with van der Waals surface area (Å²) in [5.74, 6) is 0.963. The number of nitrogens with zero attached hydrogens (tertiary/aromatic N) is 2. The van der Waals surface area contributed by atoms with Crippen LogP contribution < -0.4 is 10.2 Å². The number of halogens is 1. The minimum absolute atomic E-state index is 0.257. The molecule has 1 aromatic rings. The fourth-order valence-electron chi connectivity index (χ4n) is 2.76. The first kappa shape index (κ1) is 18.1. The first-order chi connectivity index (χ1) is 11.1. The van der Waals surface area contributed by atoms with Crippen LogP contribution in [0.25, 0.3) is 0 Å². The minimum Gasteiger partial charge on any atom is -0.368 e. The number of hydrogen-bond acceptors (Lipinski definition) is 3. The van der Waals surface area contributed by atoms with Gasteiger partial charge in [0.15, 0.2) is 0 Å². The molecular formula is C18H28ClN3O. The maximum Gasteiger partial charge on any atom is 0.223 e. The molecule has 1 amide bonds. The third kappa shape index (κ3) is 6.04. The van der Waals surface area contributed by atoms with Crippen molar-refractivity contribution in [3.05, 3.63) is 29.3 Å². The molecule has 1 aliphatic heterocycles. The van der Waals surface area contributed by atoms with Gasteiger partial charge in [-0.1, -0.05) is 31.5 Å². The van der Waals surface area contributed by atoms with Crippen LogP contribution in [0.2, 0.25) is 5.02 Å². The van der Waals surface area contributed by atoms with E-state index in [1.54, 1.807) is 0 Å². The average Bonchev–Trinajstić information content (AvgIpc) is 2.54. The lowest BCUT2D eigenvalue weighted by atomic mass is 10.1. The molecule has 0 bridgehead atoms. The van der Waals surface area contributed by atoms with Gasteiger partial charge in [0.2, 0.25) is 5.91 Å². The van der Waals surface area contributed by atoms with Gasteiger partial charge >= 0.3 is 0 Å².